The Hall–Kier alpha value is -0.570. The Morgan fingerprint density at radius 3 is 2.90 bits per heavy atom. The molecule has 3 heteroatoms. The van der Waals surface area contributed by atoms with Gasteiger partial charge in [0.15, 0.2) is 0 Å². The summed E-state index contributed by atoms with van der Waals surface area (Å²) in [5.41, 5.74) is 7.36. The molecular weight excluding hydrogens is 192 g/mol. The molecule has 0 atom stereocenters. The average Bonchev–Trinajstić information content (AvgIpc) is 1.88. The van der Waals surface area contributed by atoms with E-state index in [1.807, 2.05) is 13.0 Å². The van der Waals surface area contributed by atoms with Crippen LogP contribution in [0, 0.1) is 0 Å². The second-order valence-electron chi connectivity index (χ2n) is 2.04. The molecule has 0 unspecified atom stereocenters. The van der Waals surface area contributed by atoms with E-state index in [9.17, 15) is 0 Å². The van der Waals surface area contributed by atoms with Crippen LogP contribution in [0.2, 0.25) is 0 Å². The van der Waals surface area contributed by atoms with Crippen molar-refractivity contribution in [3.8, 4) is 0 Å². The van der Waals surface area contributed by atoms with Crippen LogP contribution < -0.4 is 5.73 Å². The number of hydrogen-bond donors (Lipinski definition) is 1. The third kappa shape index (κ3) is 1.48. The van der Waals surface area contributed by atoms with Crippen molar-refractivity contribution in [3.63, 3.8) is 0 Å². The zero-order valence-corrected chi connectivity index (χ0v) is 7.35. The lowest BCUT2D eigenvalue weighted by atomic mass is 10.2. The fourth-order valence-corrected chi connectivity index (χ4v) is 1.13. The van der Waals surface area contributed by atoms with Gasteiger partial charge < -0.3 is 5.73 Å². The number of nitrogens with two attached hydrogens (primary N) is 1. The second-order valence-corrected chi connectivity index (χ2v) is 2.96. The number of aromatic nitrogens is 1. The number of hydrogen-bond acceptors (Lipinski definition) is 2. The molecule has 0 bridgehead atoms. The van der Waals surface area contributed by atoms with Gasteiger partial charge in [-0.15, -0.1) is 0 Å². The first kappa shape index (κ1) is 7.54. The van der Waals surface area contributed by atoms with Crippen molar-refractivity contribution in [1.82, 2.24) is 4.98 Å². The summed E-state index contributed by atoms with van der Waals surface area (Å²) < 4.78 is 0.933. The number of aryl methyl sites for hydroxylation is 1. The molecule has 0 aliphatic carbocycles. The van der Waals surface area contributed by atoms with E-state index in [2.05, 4.69) is 20.9 Å². The van der Waals surface area contributed by atoms with Gasteiger partial charge in [-0.2, -0.15) is 0 Å². The number of halogens is 1. The van der Waals surface area contributed by atoms with Crippen LogP contribution in [0.15, 0.2) is 16.7 Å². The highest BCUT2D eigenvalue weighted by atomic mass is 79.9. The molecule has 0 amide bonds. The Morgan fingerprint density at radius 2 is 2.40 bits per heavy atom. The molecule has 1 rings (SSSR count). The summed E-state index contributed by atoms with van der Waals surface area (Å²) in [6.07, 6.45) is 2.65. The first-order chi connectivity index (χ1) is 4.74. The molecule has 1 aromatic heterocycles. The molecule has 0 aliphatic rings. The van der Waals surface area contributed by atoms with Crippen molar-refractivity contribution in [2.24, 2.45) is 0 Å². The number of nitrogen functional groups attached to an aromatic ring is 1. The van der Waals surface area contributed by atoms with E-state index in [1.165, 1.54) is 0 Å². The standard InChI is InChI=1S/C7H9BrN2/c1-2-7-6(9)3-5(8)4-10-7/h3-4H,2,9H2,1H3. The average molecular weight is 201 g/mol. The summed E-state index contributed by atoms with van der Waals surface area (Å²) in [7, 11) is 0. The van der Waals surface area contributed by atoms with Gasteiger partial charge in [-0.3, -0.25) is 4.98 Å². The van der Waals surface area contributed by atoms with E-state index < -0.39 is 0 Å². The van der Waals surface area contributed by atoms with Gasteiger partial charge in [-0.25, -0.2) is 0 Å². The lowest BCUT2D eigenvalue weighted by Crippen LogP contribution is -1.95. The van der Waals surface area contributed by atoms with Crippen LogP contribution in [-0.2, 0) is 6.42 Å². The van der Waals surface area contributed by atoms with Crippen molar-refractivity contribution in [2.75, 3.05) is 5.73 Å². The van der Waals surface area contributed by atoms with Crippen molar-refractivity contribution in [2.45, 2.75) is 13.3 Å². The Kier molecular flexibility index (Phi) is 2.27. The fourth-order valence-electron chi connectivity index (χ4n) is 0.779. The summed E-state index contributed by atoms with van der Waals surface area (Å²) in [4.78, 5) is 4.12. The third-order valence-corrected chi connectivity index (χ3v) is 1.74. The minimum Gasteiger partial charge on any atom is -0.397 e. The van der Waals surface area contributed by atoms with Crippen LogP contribution in [0.4, 0.5) is 5.69 Å². The molecule has 2 nitrogen and oxygen atoms in total. The predicted octanol–water partition coefficient (Wildman–Crippen LogP) is 1.99. The van der Waals surface area contributed by atoms with Gasteiger partial charge in [0.2, 0.25) is 0 Å². The summed E-state index contributed by atoms with van der Waals surface area (Å²) in [6.45, 7) is 2.03. The van der Waals surface area contributed by atoms with E-state index in [-0.39, 0.29) is 0 Å². The zero-order valence-electron chi connectivity index (χ0n) is 5.76. The first-order valence-corrected chi connectivity index (χ1v) is 3.93. The Balaban J connectivity index is 3.07. The van der Waals surface area contributed by atoms with Crippen LogP contribution in [0.1, 0.15) is 12.6 Å². The molecule has 0 spiro atoms. The quantitative estimate of drug-likeness (QED) is 0.754. The van der Waals surface area contributed by atoms with Gasteiger partial charge in [0.25, 0.3) is 0 Å². The van der Waals surface area contributed by atoms with E-state index in [1.54, 1.807) is 6.20 Å². The van der Waals surface area contributed by atoms with Gasteiger partial charge in [0, 0.05) is 10.7 Å². The first-order valence-electron chi connectivity index (χ1n) is 3.14. The zero-order chi connectivity index (χ0) is 7.56. The van der Waals surface area contributed by atoms with Crippen molar-refractivity contribution in [3.05, 3.63) is 22.4 Å². The number of anilines is 1. The van der Waals surface area contributed by atoms with Crippen LogP contribution in [-0.4, -0.2) is 4.98 Å². The molecule has 0 aliphatic heterocycles. The number of pyridine rings is 1. The number of rotatable bonds is 1. The Morgan fingerprint density at radius 1 is 1.70 bits per heavy atom. The molecule has 1 aromatic rings. The second kappa shape index (κ2) is 3.01. The van der Waals surface area contributed by atoms with Crippen LogP contribution >= 0.6 is 15.9 Å². The van der Waals surface area contributed by atoms with E-state index in [0.717, 1.165) is 22.3 Å². The lowest BCUT2D eigenvalue weighted by molar-refractivity contribution is 1.04. The molecule has 0 saturated carbocycles. The van der Waals surface area contributed by atoms with Gasteiger partial charge in [0.05, 0.1) is 11.4 Å². The third-order valence-electron chi connectivity index (χ3n) is 1.31. The van der Waals surface area contributed by atoms with E-state index in [0.29, 0.717) is 0 Å². The maximum Gasteiger partial charge on any atom is 0.0630 e. The topological polar surface area (TPSA) is 38.9 Å². The molecule has 10 heavy (non-hydrogen) atoms. The molecular formula is C7H9BrN2. The largest absolute Gasteiger partial charge is 0.397 e. The summed E-state index contributed by atoms with van der Waals surface area (Å²) >= 11 is 3.28. The van der Waals surface area contributed by atoms with Gasteiger partial charge in [0.1, 0.15) is 0 Å². The smallest absolute Gasteiger partial charge is 0.0630 e. The summed E-state index contributed by atoms with van der Waals surface area (Å²) in [5.74, 6) is 0. The molecule has 1 heterocycles. The van der Waals surface area contributed by atoms with Crippen LogP contribution in [0.25, 0.3) is 0 Å². The molecule has 0 radical (unpaired) electrons. The van der Waals surface area contributed by atoms with Gasteiger partial charge in [-0.1, -0.05) is 6.92 Å². The van der Waals surface area contributed by atoms with E-state index in [4.69, 9.17) is 5.73 Å². The van der Waals surface area contributed by atoms with E-state index >= 15 is 0 Å². The van der Waals surface area contributed by atoms with Crippen LogP contribution in [0.3, 0.4) is 0 Å². The van der Waals surface area contributed by atoms with Gasteiger partial charge in [-0.05, 0) is 28.4 Å². The predicted molar refractivity (Wildman–Crippen MR) is 45.7 cm³/mol. The maximum absolute atomic E-state index is 5.64. The fraction of sp³-hybridized carbons (Fsp3) is 0.286. The molecule has 54 valence electrons. The highest BCUT2D eigenvalue weighted by molar-refractivity contribution is 9.10. The molecule has 0 aromatic carbocycles. The molecule has 0 saturated heterocycles. The SMILES string of the molecule is CCc1ncc(Br)cc1N. The van der Waals surface area contributed by atoms with Crippen LogP contribution in [0.5, 0.6) is 0 Å². The van der Waals surface area contributed by atoms with Crippen molar-refractivity contribution >= 4 is 21.6 Å². The Labute approximate surface area is 68.6 Å². The van der Waals surface area contributed by atoms with Crippen molar-refractivity contribution in [1.29, 1.82) is 0 Å². The highest BCUT2D eigenvalue weighted by Crippen LogP contribution is 2.15. The summed E-state index contributed by atoms with van der Waals surface area (Å²) in [6, 6.07) is 1.87. The normalized spacial score (nSPS) is 9.80. The highest BCUT2D eigenvalue weighted by Gasteiger charge is 1.96. The minimum absolute atomic E-state index is 0.761. The molecule has 0 fully saturated rings. The van der Waals surface area contributed by atoms with Gasteiger partial charge >= 0.3 is 0 Å². The lowest BCUT2D eigenvalue weighted by Gasteiger charge is -1.99. The Bertz CT molecular complexity index is 235. The number of nitrogens with zero attached hydrogens (tertiary/aromatic N) is 1. The summed E-state index contributed by atoms with van der Waals surface area (Å²) in [5, 5.41) is 0. The maximum atomic E-state index is 5.64. The van der Waals surface area contributed by atoms with Crippen molar-refractivity contribution < 1.29 is 0 Å². The molecule has 2 N–H and O–H groups in total. The monoisotopic (exact) mass is 200 g/mol. The minimum atomic E-state index is 0.761.